The summed E-state index contributed by atoms with van der Waals surface area (Å²) in [5.74, 6) is 2.02. The molecule has 1 aliphatic heterocycles. The van der Waals surface area contributed by atoms with E-state index in [1.807, 2.05) is 0 Å². The van der Waals surface area contributed by atoms with E-state index in [9.17, 15) is 0 Å². The van der Waals surface area contributed by atoms with Gasteiger partial charge < -0.3 is 15.0 Å². The number of nitrogens with two attached hydrogens (primary N) is 1. The standard InChI is InChI=1S/C15H28BNO2/c1-9(2)6-13(17)16-18-12-8-10-7-11(14(10,3)4)15(12,5)19-16/h9-13H,6-8,17H2,1-5H3/t10-,11+,12-,13?,15+/m0/s1. The summed E-state index contributed by atoms with van der Waals surface area (Å²) in [4.78, 5) is 0. The molecule has 1 heterocycles. The Labute approximate surface area is 117 Å². The second-order valence-corrected chi connectivity index (χ2v) is 8.13. The van der Waals surface area contributed by atoms with E-state index in [0.717, 1.165) is 18.8 Å². The first kappa shape index (κ1) is 13.9. The van der Waals surface area contributed by atoms with E-state index in [1.54, 1.807) is 0 Å². The van der Waals surface area contributed by atoms with Crippen LogP contribution in [0.5, 0.6) is 0 Å². The summed E-state index contributed by atoms with van der Waals surface area (Å²) < 4.78 is 12.5. The van der Waals surface area contributed by atoms with Gasteiger partial charge in [0.2, 0.25) is 0 Å². The molecule has 19 heavy (non-hydrogen) atoms. The lowest BCUT2D eigenvalue weighted by atomic mass is 9.43. The molecule has 4 aliphatic rings. The lowest BCUT2D eigenvalue weighted by Gasteiger charge is -2.64. The van der Waals surface area contributed by atoms with Crippen molar-refractivity contribution in [2.45, 2.75) is 71.5 Å². The molecule has 108 valence electrons. The van der Waals surface area contributed by atoms with Crippen molar-refractivity contribution in [3.63, 3.8) is 0 Å². The van der Waals surface area contributed by atoms with E-state index in [0.29, 0.717) is 17.3 Å². The fraction of sp³-hybridized carbons (Fsp3) is 1.00. The van der Waals surface area contributed by atoms with Gasteiger partial charge in [-0.3, -0.25) is 0 Å². The maximum Gasteiger partial charge on any atom is 0.475 e. The molecule has 4 heteroatoms. The van der Waals surface area contributed by atoms with Crippen molar-refractivity contribution in [1.82, 2.24) is 0 Å². The Morgan fingerprint density at radius 1 is 1.26 bits per heavy atom. The molecule has 3 aliphatic carbocycles. The highest BCUT2D eigenvalue weighted by Gasteiger charge is 2.68. The van der Waals surface area contributed by atoms with Gasteiger partial charge in [0.15, 0.2) is 0 Å². The normalized spacial score (nSPS) is 45.0. The van der Waals surface area contributed by atoms with E-state index in [1.165, 1.54) is 6.42 Å². The zero-order valence-electron chi connectivity index (χ0n) is 13.0. The van der Waals surface area contributed by atoms with E-state index in [-0.39, 0.29) is 24.8 Å². The summed E-state index contributed by atoms with van der Waals surface area (Å²) in [6.45, 7) is 11.4. The van der Waals surface area contributed by atoms with Crippen LogP contribution >= 0.6 is 0 Å². The average molecular weight is 265 g/mol. The second-order valence-electron chi connectivity index (χ2n) is 8.13. The minimum Gasteiger partial charge on any atom is -0.404 e. The summed E-state index contributed by atoms with van der Waals surface area (Å²) in [6.07, 6.45) is 3.67. The van der Waals surface area contributed by atoms with E-state index in [2.05, 4.69) is 34.6 Å². The maximum absolute atomic E-state index is 6.35. The van der Waals surface area contributed by atoms with Crippen molar-refractivity contribution in [3.05, 3.63) is 0 Å². The summed E-state index contributed by atoms with van der Waals surface area (Å²) in [5, 5.41) is 0. The Hall–Kier alpha value is -0.0551. The van der Waals surface area contributed by atoms with Crippen molar-refractivity contribution in [1.29, 1.82) is 0 Å². The fourth-order valence-electron chi connectivity index (χ4n) is 4.74. The predicted molar refractivity (Wildman–Crippen MR) is 77.5 cm³/mol. The third kappa shape index (κ3) is 1.90. The van der Waals surface area contributed by atoms with Crippen molar-refractivity contribution in [3.8, 4) is 0 Å². The van der Waals surface area contributed by atoms with E-state index in [4.69, 9.17) is 15.0 Å². The molecule has 0 aromatic rings. The minimum absolute atomic E-state index is 0.00253. The van der Waals surface area contributed by atoms with Gasteiger partial charge >= 0.3 is 7.12 Å². The second kappa shape index (κ2) is 4.22. The Morgan fingerprint density at radius 2 is 1.95 bits per heavy atom. The van der Waals surface area contributed by atoms with Crippen LogP contribution in [0.25, 0.3) is 0 Å². The topological polar surface area (TPSA) is 44.5 Å². The van der Waals surface area contributed by atoms with Gasteiger partial charge in [0, 0.05) is 5.94 Å². The van der Waals surface area contributed by atoms with Gasteiger partial charge in [-0.1, -0.05) is 27.7 Å². The zero-order chi connectivity index (χ0) is 14.0. The summed E-state index contributed by atoms with van der Waals surface area (Å²) in [7, 11) is -0.201. The molecular formula is C15H28BNO2. The highest BCUT2D eigenvalue weighted by molar-refractivity contribution is 6.47. The Morgan fingerprint density at radius 3 is 2.53 bits per heavy atom. The molecule has 0 spiro atoms. The highest BCUT2D eigenvalue weighted by Crippen LogP contribution is 2.65. The van der Waals surface area contributed by atoms with E-state index < -0.39 is 0 Å². The summed E-state index contributed by atoms with van der Waals surface area (Å²) >= 11 is 0. The number of hydrogen-bond donors (Lipinski definition) is 1. The minimum atomic E-state index is -0.201. The van der Waals surface area contributed by atoms with Crippen LogP contribution in [0.4, 0.5) is 0 Å². The largest absolute Gasteiger partial charge is 0.475 e. The Balaban J connectivity index is 1.74. The van der Waals surface area contributed by atoms with E-state index >= 15 is 0 Å². The van der Waals surface area contributed by atoms with Gasteiger partial charge in [0.05, 0.1) is 11.7 Å². The predicted octanol–water partition coefficient (Wildman–Crippen LogP) is 2.63. The smallest absolute Gasteiger partial charge is 0.404 e. The molecule has 4 fully saturated rings. The molecule has 0 radical (unpaired) electrons. The number of hydrogen-bond acceptors (Lipinski definition) is 3. The van der Waals surface area contributed by atoms with Gasteiger partial charge in [-0.2, -0.15) is 0 Å². The lowest BCUT2D eigenvalue weighted by Crippen LogP contribution is -2.65. The molecule has 1 unspecified atom stereocenters. The van der Waals surface area contributed by atoms with Crippen molar-refractivity contribution in [2.75, 3.05) is 0 Å². The van der Waals surface area contributed by atoms with Crippen LogP contribution < -0.4 is 5.73 Å². The molecule has 0 aromatic carbocycles. The summed E-state index contributed by atoms with van der Waals surface area (Å²) in [6, 6.07) is 0. The van der Waals surface area contributed by atoms with Gasteiger partial charge in [-0.15, -0.1) is 0 Å². The third-order valence-electron chi connectivity index (χ3n) is 6.06. The van der Waals surface area contributed by atoms with Crippen molar-refractivity contribution >= 4 is 7.12 Å². The average Bonchev–Trinajstić information content (AvgIpc) is 2.64. The molecule has 1 saturated heterocycles. The molecule has 0 aromatic heterocycles. The molecular weight excluding hydrogens is 237 g/mol. The molecule has 0 amide bonds. The lowest BCUT2D eigenvalue weighted by molar-refractivity contribution is -0.199. The van der Waals surface area contributed by atoms with Gasteiger partial charge in [-0.25, -0.2) is 0 Å². The van der Waals surface area contributed by atoms with Gasteiger partial charge in [0.1, 0.15) is 0 Å². The molecule has 3 saturated carbocycles. The van der Waals surface area contributed by atoms with Crippen LogP contribution in [-0.4, -0.2) is 24.8 Å². The summed E-state index contributed by atoms with van der Waals surface area (Å²) in [5.41, 5.74) is 6.56. The molecule has 5 atom stereocenters. The van der Waals surface area contributed by atoms with Crippen LogP contribution in [0.3, 0.4) is 0 Å². The third-order valence-corrected chi connectivity index (χ3v) is 6.06. The SMILES string of the molecule is CC(C)CC(N)B1O[C@H]2C[C@@H]3C[C@H](C3(C)C)[C@@]2(C)O1. The first-order valence-electron chi connectivity index (χ1n) is 7.84. The Bertz CT molecular complexity index is 373. The van der Waals surface area contributed by atoms with Gasteiger partial charge in [-0.05, 0) is 49.4 Å². The van der Waals surface area contributed by atoms with Crippen molar-refractivity contribution in [2.24, 2.45) is 28.9 Å². The van der Waals surface area contributed by atoms with Crippen LogP contribution in [-0.2, 0) is 9.31 Å². The maximum atomic E-state index is 6.35. The monoisotopic (exact) mass is 265 g/mol. The molecule has 2 bridgehead atoms. The molecule has 2 N–H and O–H groups in total. The molecule has 4 rings (SSSR count). The first-order valence-corrected chi connectivity index (χ1v) is 7.84. The van der Waals surface area contributed by atoms with Crippen LogP contribution in [0.15, 0.2) is 0 Å². The van der Waals surface area contributed by atoms with Crippen LogP contribution in [0.2, 0.25) is 0 Å². The highest BCUT2D eigenvalue weighted by atomic mass is 16.7. The quantitative estimate of drug-likeness (QED) is 0.798. The number of rotatable bonds is 3. The first-order chi connectivity index (χ1) is 8.75. The van der Waals surface area contributed by atoms with Crippen LogP contribution in [0.1, 0.15) is 53.9 Å². The van der Waals surface area contributed by atoms with Gasteiger partial charge in [0.25, 0.3) is 0 Å². The Kier molecular flexibility index (Phi) is 3.09. The van der Waals surface area contributed by atoms with Crippen molar-refractivity contribution < 1.29 is 9.31 Å². The zero-order valence-corrected chi connectivity index (χ0v) is 13.0. The van der Waals surface area contributed by atoms with Crippen LogP contribution in [0, 0.1) is 23.2 Å². The molecule has 3 nitrogen and oxygen atoms in total. The fourth-order valence-corrected chi connectivity index (χ4v) is 4.74.